The standard InChI is InChI=1S/C19H24N6O3/c1-13-22-17(28-23-13)15-7-10-24(19(27)16-20-8-4-9-21-16)11-12-25(15)18(26)14-5-2-3-6-14/h4,8-9,14-15H,2-3,5-7,10-12H2,1H3. The van der Waals surface area contributed by atoms with E-state index < -0.39 is 0 Å². The van der Waals surface area contributed by atoms with E-state index in [-0.39, 0.29) is 29.6 Å². The van der Waals surface area contributed by atoms with E-state index in [0.29, 0.717) is 37.8 Å². The van der Waals surface area contributed by atoms with Crippen LogP contribution in [0.15, 0.2) is 23.0 Å². The number of hydrogen-bond donors (Lipinski definition) is 0. The van der Waals surface area contributed by atoms with Gasteiger partial charge in [-0.25, -0.2) is 9.97 Å². The summed E-state index contributed by atoms with van der Waals surface area (Å²) in [7, 11) is 0. The molecule has 2 aliphatic rings. The molecule has 148 valence electrons. The lowest BCUT2D eigenvalue weighted by Gasteiger charge is -2.29. The summed E-state index contributed by atoms with van der Waals surface area (Å²) in [6, 6.07) is 1.36. The van der Waals surface area contributed by atoms with Crippen molar-refractivity contribution in [1.82, 2.24) is 29.9 Å². The maximum atomic E-state index is 13.2. The van der Waals surface area contributed by atoms with Crippen molar-refractivity contribution in [3.8, 4) is 0 Å². The Morgan fingerprint density at radius 2 is 1.82 bits per heavy atom. The van der Waals surface area contributed by atoms with Gasteiger partial charge in [-0.3, -0.25) is 9.59 Å². The first kappa shape index (κ1) is 18.5. The van der Waals surface area contributed by atoms with E-state index in [2.05, 4.69) is 20.1 Å². The zero-order valence-corrected chi connectivity index (χ0v) is 16.0. The Morgan fingerprint density at radius 1 is 1.07 bits per heavy atom. The molecule has 0 spiro atoms. The van der Waals surface area contributed by atoms with Crippen LogP contribution in [0.3, 0.4) is 0 Å². The first-order chi connectivity index (χ1) is 13.6. The zero-order chi connectivity index (χ0) is 19.5. The highest BCUT2D eigenvalue weighted by Crippen LogP contribution is 2.32. The summed E-state index contributed by atoms with van der Waals surface area (Å²) in [5.74, 6) is 1.10. The molecule has 1 unspecified atom stereocenters. The van der Waals surface area contributed by atoms with Crippen molar-refractivity contribution in [2.24, 2.45) is 5.92 Å². The molecule has 4 rings (SSSR count). The van der Waals surface area contributed by atoms with Crippen molar-refractivity contribution >= 4 is 11.8 Å². The molecule has 1 atom stereocenters. The van der Waals surface area contributed by atoms with Crippen LogP contribution in [-0.2, 0) is 4.79 Å². The van der Waals surface area contributed by atoms with E-state index in [1.54, 1.807) is 30.3 Å². The minimum absolute atomic E-state index is 0.0474. The van der Waals surface area contributed by atoms with Gasteiger partial charge in [-0.15, -0.1) is 0 Å². The summed E-state index contributed by atoms with van der Waals surface area (Å²) < 4.78 is 5.40. The fourth-order valence-electron chi connectivity index (χ4n) is 4.06. The van der Waals surface area contributed by atoms with Gasteiger partial charge in [0.25, 0.3) is 5.91 Å². The predicted octanol–water partition coefficient (Wildman–Crippen LogP) is 1.77. The Balaban J connectivity index is 1.56. The summed E-state index contributed by atoms with van der Waals surface area (Å²) >= 11 is 0. The summed E-state index contributed by atoms with van der Waals surface area (Å²) in [6.45, 7) is 3.09. The first-order valence-electron chi connectivity index (χ1n) is 9.80. The number of aromatic nitrogens is 4. The SMILES string of the molecule is Cc1noc(C2CCN(C(=O)c3ncccn3)CCN2C(=O)C2CCCC2)n1. The first-order valence-corrected chi connectivity index (χ1v) is 9.80. The Labute approximate surface area is 163 Å². The van der Waals surface area contributed by atoms with Crippen molar-refractivity contribution in [1.29, 1.82) is 0 Å². The summed E-state index contributed by atoms with van der Waals surface area (Å²) in [4.78, 5) is 42.0. The molecular weight excluding hydrogens is 360 g/mol. The summed E-state index contributed by atoms with van der Waals surface area (Å²) in [5.41, 5.74) is 0. The number of hydrogen-bond acceptors (Lipinski definition) is 7. The van der Waals surface area contributed by atoms with Crippen LogP contribution in [0.2, 0.25) is 0 Å². The van der Waals surface area contributed by atoms with Crippen LogP contribution in [0.25, 0.3) is 0 Å². The third-order valence-corrected chi connectivity index (χ3v) is 5.52. The lowest BCUT2D eigenvalue weighted by atomic mass is 10.0. The van der Waals surface area contributed by atoms with Gasteiger partial charge in [0.1, 0.15) is 6.04 Å². The molecule has 3 heterocycles. The van der Waals surface area contributed by atoms with Crippen LogP contribution in [0.4, 0.5) is 0 Å². The Hall–Kier alpha value is -2.84. The van der Waals surface area contributed by atoms with Gasteiger partial charge in [-0.2, -0.15) is 4.98 Å². The van der Waals surface area contributed by atoms with E-state index in [9.17, 15) is 9.59 Å². The smallest absolute Gasteiger partial charge is 0.291 e. The monoisotopic (exact) mass is 384 g/mol. The molecule has 0 radical (unpaired) electrons. The van der Waals surface area contributed by atoms with Crippen molar-refractivity contribution in [3.05, 3.63) is 36.0 Å². The second-order valence-corrected chi connectivity index (χ2v) is 7.36. The number of amides is 2. The Bertz CT molecular complexity index is 833. The highest BCUT2D eigenvalue weighted by molar-refractivity contribution is 5.90. The molecule has 1 aliphatic carbocycles. The second-order valence-electron chi connectivity index (χ2n) is 7.36. The Morgan fingerprint density at radius 3 is 2.50 bits per heavy atom. The quantitative estimate of drug-likeness (QED) is 0.794. The third kappa shape index (κ3) is 3.74. The van der Waals surface area contributed by atoms with Gasteiger partial charge >= 0.3 is 0 Å². The highest BCUT2D eigenvalue weighted by atomic mass is 16.5. The molecule has 28 heavy (non-hydrogen) atoms. The van der Waals surface area contributed by atoms with E-state index in [1.807, 2.05) is 4.90 Å². The number of rotatable bonds is 3. The van der Waals surface area contributed by atoms with Crippen molar-refractivity contribution in [2.75, 3.05) is 19.6 Å². The molecule has 0 bridgehead atoms. The van der Waals surface area contributed by atoms with Crippen LogP contribution < -0.4 is 0 Å². The van der Waals surface area contributed by atoms with Gasteiger partial charge in [0.05, 0.1) is 0 Å². The molecular formula is C19H24N6O3. The van der Waals surface area contributed by atoms with Crippen LogP contribution in [0.5, 0.6) is 0 Å². The van der Waals surface area contributed by atoms with E-state index >= 15 is 0 Å². The average molecular weight is 384 g/mol. The number of aryl methyl sites for hydroxylation is 1. The largest absolute Gasteiger partial charge is 0.337 e. The van der Waals surface area contributed by atoms with Gasteiger partial charge in [-0.05, 0) is 32.3 Å². The van der Waals surface area contributed by atoms with Crippen molar-refractivity contribution in [2.45, 2.75) is 45.1 Å². The van der Waals surface area contributed by atoms with Crippen LogP contribution in [0, 0.1) is 12.8 Å². The van der Waals surface area contributed by atoms with E-state index in [4.69, 9.17) is 4.52 Å². The summed E-state index contributed by atoms with van der Waals surface area (Å²) in [6.07, 6.45) is 7.67. The molecule has 2 fully saturated rings. The molecule has 9 nitrogen and oxygen atoms in total. The molecule has 2 aromatic heterocycles. The molecule has 9 heteroatoms. The van der Waals surface area contributed by atoms with Crippen molar-refractivity contribution < 1.29 is 14.1 Å². The van der Waals surface area contributed by atoms with Crippen LogP contribution >= 0.6 is 0 Å². The Kier molecular flexibility index (Phi) is 5.31. The highest BCUT2D eigenvalue weighted by Gasteiger charge is 2.37. The number of carbonyl (C=O) groups excluding carboxylic acids is 2. The fourth-order valence-corrected chi connectivity index (χ4v) is 4.06. The van der Waals surface area contributed by atoms with Gasteiger partial charge in [0.2, 0.25) is 17.6 Å². The van der Waals surface area contributed by atoms with Gasteiger partial charge < -0.3 is 14.3 Å². The normalized spacial score (nSPS) is 21.0. The molecule has 1 aliphatic heterocycles. The predicted molar refractivity (Wildman–Crippen MR) is 98.0 cm³/mol. The lowest BCUT2D eigenvalue weighted by Crippen LogP contribution is -2.41. The van der Waals surface area contributed by atoms with Gasteiger partial charge in [-0.1, -0.05) is 18.0 Å². The van der Waals surface area contributed by atoms with E-state index in [1.165, 1.54) is 0 Å². The second kappa shape index (κ2) is 8.04. The molecule has 2 amide bonds. The number of nitrogens with zero attached hydrogens (tertiary/aromatic N) is 6. The maximum Gasteiger partial charge on any atom is 0.291 e. The minimum atomic E-state index is -0.316. The zero-order valence-electron chi connectivity index (χ0n) is 16.0. The van der Waals surface area contributed by atoms with Gasteiger partial charge in [0, 0.05) is 37.9 Å². The summed E-state index contributed by atoms with van der Waals surface area (Å²) in [5, 5.41) is 3.89. The van der Waals surface area contributed by atoms with E-state index in [0.717, 1.165) is 25.7 Å². The lowest BCUT2D eigenvalue weighted by molar-refractivity contribution is -0.138. The third-order valence-electron chi connectivity index (χ3n) is 5.52. The fraction of sp³-hybridized carbons (Fsp3) is 0.579. The van der Waals surface area contributed by atoms with Crippen LogP contribution in [-0.4, -0.2) is 61.4 Å². The van der Waals surface area contributed by atoms with Crippen molar-refractivity contribution in [3.63, 3.8) is 0 Å². The molecule has 1 saturated carbocycles. The molecule has 2 aromatic rings. The molecule has 0 N–H and O–H groups in total. The minimum Gasteiger partial charge on any atom is -0.337 e. The topological polar surface area (TPSA) is 105 Å². The maximum absolute atomic E-state index is 13.2. The van der Waals surface area contributed by atoms with Gasteiger partial charge in [0.15, 0.2) is 5.82 Å². The molecule has 1 saturated heterocycles. The molecule has 0 aromatic carbocycles. The average Bonchev–Trinajstić information content (AvgIpc) is 3.35. The number of carbonyl (C=O) groups is 2. The van der Waals surface area contributed by atoms with Crippen LogP contribution in [0.1, 0.15) is 60.5 Å².